The molecule has 1 fully saturated rings. The monoisotopic (exact) mass is 221 g/mol. The maximum atomic E-state index is 8.78. The predicted molar refractivity (Wildman–Crippen MR) is 63.8 cm³/mol. The van der Waals surface area contributed by atoms with Crippen molar-refractivity contribution in [3.8, 4) is 5.75 Å². The van der Waals surface area contributed by atoms with Crippen LogP contribution in [-0.2, 0) is 6.42 Å². The van der Waals surface area contributed by atoms with Crippen molar-refractivity contribution in [2.45, 2.75) is 25.3 Å². The molecule has 3 nitrogen and oxygen atoms in total. The van der Waals surface area contributed by atoms with Crippen LogP contribution in [0.4, 0.5) is 0 Å². The van der Waals surface area contributed by atoms with Crippen LogP contribution in [0.3, 0.4) is 0 Å². The SMILES string of the molecule is OCCc1ccc(OCCNC2CC2)cc1. The first-order chi connectivity index (χ1) is 7.88. The van der Waals surface area contributed by atoms with Gasteiger partial charge in [0.1, 0.15) is 12.4 Å². The van der Waals surface area contributed by atoms with Crippen LogP contribution in [0.5, 0.6) is 5.75 Å². The highest BCUT2D eigenvalue weighted by Gasteiger charge is 2.19. The number of aliphatic hydroxyl groups excluding tert-OH is 1. The molecule has 1 aromatic carbocycles. The lowest BCUT2D eigenvalue weighted by molar-refractivity contribution is 0.299. The van der Waals surface area contributed by atoms with E-state index < -0.39 is 0 Å². The number of rotatable bonds is 7. The highest BCUT2D eigenvalue weighted by molar-refractivity contribution is 5.27. The lowest BCUT2D eigenvalue weighted by Gasteiger charge is -2.07. The zero-order valence-corrected chi connectivity index (χ0v) is 9.48. The molecule has 1 aliphatic carbocycles. The lowest BCUT2D eigenvalue weighted by Crippen LogP contribution is -2.22. The number of aliphatic hydroxyl groups is 1. The third-order valence-electron chi connectivity index (χ3n) is 2.70. The van der Waals surface area contributed by atoms with Gasteiger partial charge in [-0.05, 0) is 37.0 Å². The van der Waals surface area contributed by atoms with E-state index in [1.54, 1.807) is 0 Å². The fraction of sp³-hybridized carbons (Fsp3) is 0.538. The van der Waals surface area contributed by atoms with Crippen LogP contribution < -0.4 is 10.1 Å². The van der Waals surface area contributed by atoms with E-state index in [1.807, 2.05) is 24.3 Å². The van der Waals surface area contributed by atoms with Crippen molar-refractivity contribution in [1.29, 1.82) is 0 Å². The number of hydrogen-bond donors (Lipinski definition) is 2. The second-order valence-corrected chi connectivity index (χ2v) is 4.19. The van der Waals surface area contributed by atoms with E-state index >= 15 is 0 Å². The summed E-state index contributed by atoms with van der Waals surface area (Å²) in [5.41, 5.74) is 1.14. The van der Waals surface area contributed by atoms with Crippen molar-refractivity contribution >= 4 is 0 Å². The minimum absolute atomic E-state index is 0.200. The second-order valence-electron chi connectivity index (χ2n) is 4.19. The molecule has 0 aromatic heterocycles. The third kappa shape index (κ3) is 3.83. The summed E-state index contributed by atoms with van der Waals surface area (Å²) in [7, 11) is 0. The van der Waals surface area contributed by atoms with E-state index in [2.05, 4.69) is 5.32 Å². The van der Waals surface area contributed by atoms with Gasteiger partial charge in [0.05, 0.1) is 0 Å². The normalized spacial score (nSPS) is 15.1. The molecule has 16 heavy (non-hydrogen) atoms. The topological polar surface area (TPSA) is 41.5 Å². The average Bonchev–Trinajstić information content (AvgIpc) is 3.11. The Morgan fingerprint density at radius 2 is 2.00 bits per heavy atom. The molecule has 2 rings (SSSR count). The van der Waals surface area contributed by atoms with Crippen molar-refractivity contribution in [3.05, 3.63) is 29.8 Å². The van der Waals surface area contributed by atoms with Crippen LogP contribution in [0, 0.1) is 0 Å². The molecular weight excluding hydrogens is 202 g/mol. The summed E-state index contributed by atoms with van der Waals surface area (Å²) < 4.78 is 5.59. The number of nitrogens with one attached hydrogen (secondary N) is 1. The molecule has 0 unspecified atom stereocenters. The maximum Gasteiger partial charge on any atom is 0.119 e. The zero-order valence-electron chi connectivity index (χ0n) is 9.48. The van der Waals surface area contributed by atoms with Gasteiger partial charge < -0.3 is 15.2 Å². The molecule has 0 spiro atoms. The minimum atomic E-state index is 0.200. The Kier molecular flexibility index (Phi) is 4.19. The molecular formula is C13H19NO2. The van der Waals surface area contributed by atoms with Crippen LogP contribution in [0.1, 0.15) is 18.4 Å². The Morgan fingerprint density at radius 1 is 1.25 bits per heavy atom. The van der Waals surface area contributed by atoms with Crippen molar-refractivity contribution < 1.29 is 9.84 Å². The van der Waals surface area contributed by atoms with Crippen LogP contribution in [0.25, 0.3) is 0 Å². The molecule has 0 radical (unpaired) electrons. The lowest BCUT2D eigenvalue weighted by atomic mass is 10.1. The molecule has 0 heterocycles. The Hall–Kier alpha value is -1.06. The van der Waals surface area contributed by atoms with E-state index in [4.69, 9.17) is 9.84 Å². The van der Waals surface area contributed by atoms with Crippen LogP contribution in [-0.4, -0.2) is 30.9 Å². The van der Waals surface area contributed by atoms with Gasteiger partial charge in [0.15, 0.2) is 0 Å². The average molecular weight is 221 g/mol. The summed E-state index contributed by atoms with van der Waals surface area (Å²) in [6.07, 6.45) is 3.34. The van der Waals surface area contributed by atoms with Gasteiger partial charge in [0, 0.05) is 19.2 Å². The van der Waals surface area contributed by atoms with E-state index in [0.29, 0.717) is 6.42 Å². The van der Waals surface area contributed by atoms with Gasteiger partial charge in [-0.15, -0.1) is 0 Å². The molecule has 88 valence electrons. The summed E-state index contributed by atoms with van der Waals surface area (Å²) in [5.74, 6) is 0.902. The molecule has 0 bridgehead atoms. The summed E-state index contributed by atoms with van der Waals surface area (Å²) in [6.45, 7) is 1.84. The molecule has 0 saturated heterocycles. The van der Waals surface area contributed by atoms with Crippen molar-refractivity contribution in [3.63, 3.8) is 0 Å². The molecule has 2 N–H and O–H groups in total. The summed E-state index contributed by atoms with van der Waals surface area (Å²) in [6, 6.07) is 8.67. The molecule has 1 aromatic rings. The predicted octanol–water partition coefficient (Wildman–Crippen LogP) is 1.35. The second kappa shape index (κ2) is 5.87. The number of ether oxygens (including phenoxy) is 1. The first-order valence-corrected chi connectivity index (χ1v) is 5.94. The summed E-state index contributed by atoms with van der Waals surface area (Å²) in [4.78, 5) is 0. The van der Waals surface area contributed by atoms with E-state index in [0.717, 1.165) is 30.5 Å². The van der Waals surface area contributed by atoms with Gasteiger partial charge in [-0.25, -0.2) is 0 Å². The third-order valence-corrected chi connectivity index (χ3v) is 2.70. The standard InChI is InChI=1S/C13H19NO2/c15-9-7-11-1-5-13(6-2-11)16-10-8-14-12-3-4-12/h1-2,5-6,12,14-15H,3-4,7-10H2. The Bertz CT molecular complexity index is 306. The molecule has 1 aliphatic rings. The van der Waals surface area contributed by atoms with E-state index in [1.165, 1.54) is 12.8 Å². The van der Waals surface area contributed by atoms with E-state index in [9.17, 15) is 0 Å². The van der Waals surface area contributed by atoms with Crippen LogP contribution >= 0.6 is 0 Å². The Balaban J connectivity index is 1.67. The smallest absolute Gasteiger partial charge is 0.119 e. The van der Waals surface area contributed by atoms with E-state index in [-0.39, 0.29) is 6.61 Å². The van der Waals surface area contributed by atoms with Gasteiger partial charge in [0.2, 0.25) is 0 Å². The zero-order chi connectivity index (χ0) is 11.2. The van der Waals surface area contributed by atoms with Gasteiger partial charge in [-0.1, -0.05) is 12.1 Å². The molecule has 1 saturated carbocycles. The van der Waals surface area contributed by atoms with Gasteiger partial charge in [0.25, 0.3) is 0 Å². The van der Waals surface area contributed by atoms with Crippen molar-refractivity contribution in [2.24, 2.45) is 0 Å². The minimum Gasteiger partial charge on any atom is -0.492 e. The first-order valence-electron chi connectivity index (χ1n) is 5.94. The fourth-order valence-corrected chi connectivity index (χ4v) is 1.60. The molecule has 0 atom stereocenters. The van der Waals surface area contributed by atoms with Gasteiger partial charge >= 0.3 is 0 Å². The quantitative estimate of drug-likeness (QED) is 0.683. The summed E-state index contributed by atoms with van der Waals surface area (Å²) in [5, 5.41) is 12.2. The van der Waals surface area contributed by atoms with Crippen molar-refractivity contribution in [1.82, 2.24) is 5.32 Å². The highest BCUT2D eigenvalue weighted by atomic mass is 16.5. The largest absolute Gasteiger partial charge is 0.492 e. The fourth-order valence-electron chi connectivity index (χ4n) is 1.60. The number of hydrogen-bond acceptors (Lipinski definition) is 3. The Morgan fingerprint density at radius 3 is 2.62 bits per heavy atom. The highest BCUT2D eigenvalue weighted by Crippen LogP contribution is 2.18. The Labute approximate surface area is 96.4 Å². The maximum absolute atomic E-state index is 8.78. The van der Waals surface area contributed by atoms with Gasteiger partial charge in [-0.2, -0.15) is 0 Å². The molecule has 0 amide bonds. The first kappa shape index (κ1) is 11.4. The van der Waals surface area contributed by atoms with Gasteiger partial charge in [-0.3, -0.25) is 0 Å². The summed E-state index contributed by atoms with van der Waals surface area (Å²) >= 11 is 0. The van der Waals surface area contributed by atoms with Crippen LogP contribution in [0.2, 0.25) is 0 Å². The molecule has 3 heteroatoms. The van der Waals surface area contributed by atoms with Crippen molar-refractivity contribution in [2.75, 3.05) is 19.8 Å². The van der Waals surface area contributed by atoms with Crippen LogP contribution in [0.15, 0.2) is 24.3 Å². The molecule has 0 aliphatic heterocycles. The number of benzene rings is 1.